The highest BCUT2D eigenvalue weighted by Crippen LogP contribution is 2.22. The Bertz CT molecular complexity index is 805. The summed E-state index contributed by atoms with van der Waals surface area (Å²) in [5, 5.41) is 6.10. The lowest BCUT2D eigenvalue weighted by atomic mass is 10.1. The van der Waals surface area contributed by atoms with Crippen LogP contribution in [0.4, 0.5) is 0 Å². The van der Waals surface area contributed by atoms with E-state index < -0.39 is 10.0 Å². The monoisotopic (exact) mass is 354 g/mol. The molecule has 0 saturated carbocycles. The van der Waals surface area contributed by atoms with Crippen molar-refractivity contribution in [2.24, 2.45) is 0 Å². The van der Waals surface area contributed by atoms with Gasteiger partial charge in [-0.25, -0.2) is 13.1 Å². The van der Waals surface area contributed by atoms with E-state index in [0.717, 1.165) is 22.7 Å². The smallest absolute Gasteiger partial charge is 0.250 e. The van der Waals surface area contributed by atoms with E-state index in [-0.39, 0.29) is 22.7 Å². The van der Waals surface area contributed by atoms with Gasteiger partial charge in [-0.05, 0) is 31.4 Å². The molecule has 0 unspecified atom stereocenters. The van der Waals surface area contributed by atoms with Gasteiger partial charge in [0.15, 0.2) is 0 Å². The molecule has 1 fully saturated rings. The number of hydrogen-bond acceptors (Lipinski definition) is 5. The molecule has 0 bridgehead atoms. The van der Waals surface area contributed by atoms with Crippen molar-refractivity contribution in [1.82, 2.24) is 19.4 Å². The van der Waals surface area contributed by atoms with Gasteiger partial charge in [0, 0.05) is 18.8 Å². The lowest BCUT2D eigenvalue weighted by Gasteiger charge is -2.39. The van der Waals surface area contributed by atoms with Gasteiger partial charge in [-0.2, -0.15) is 5.10 Å². The van der Waals surface area contributed by atoms with E-state index in [9.17, 15) is 13.2 Å². The second-order valence-corrected chi connectivity index (χ2v) is 8.52. The molecule has 7 nitrogen and oxygen atoms in total. The van der Waals surface area contributed by atoms with Crippen LogP contribution in [0.25, 0.3) is 0 Å². The predicted octanol–water partition coefficient (Wildman–Crippen LogP) is 0.923. The predicted molar refractivity (Wildman–Crippen MR) is 86.8 cm³/mol. The molecular weight excluding hydrogens is 336 g/mol. The number of likely N-dealkylation sites (tertiary alicyclic amines) is 1. The quantitative estimate of drug-likeness (QED) is 0.865. The summed E-state index contributed by atoms with van der Waals surface area (Å²) in [5.41, 5.74) is 2.02. The van der Waals surface area contributed by atoms with Crippen molar-refractivity contribution < 1.29 is 13.2 Å². The minimum atomic E-state index is -3.60. The molecule has 0 radical (unpaired) electrons. The van der Waals surface area contributed by atoms with Crippen molar-refractivity contribution in [1.29, 1.82) is 0 Å². The summed E-state index contributed by atoms with van der Waals surface area (Å²) < 4.78 is 28.4. The number of aryl methyl sites for hydroxylation is 2. The first kappa shape index (κ1) is 16.2. The molecule has 23 heavy (non-hydrogen) atoms. The second kappa shape index (κ2) is 6.06. The van der Waals surface area contributed by atoms with Crippen LogP contribution in [-0.2, 0) is 14.8 Å². The van der Waals surface area contributed by atoms with Crippen LogP contribution in [0.2, 0.25) is 0 Å². The molecular formula is C14H18N4O3S2. The van der Waals surface area contributed by atoms with Crippen LogP contribution in [0.15, 0.2) is 27.8 Å². The van der Waals surface area contributed by atoms with Crippen LogP contribution >= 0.6 is 11.3 Å². The molecule has 3 rings (SSSR count). The van der Waals surface area contributed by atoms with Crippen LogP contribution < -0.4 is 4.72 Å². The van der Waals surface area contributed by atoms with E-state index >= 15 is 0 Å². The van der Waals surface area contributed by atoms with Gasteiger partial charge in [-0.15, -0.1) is 11.3 Å². The summed E-state index contributed by atoms with van der Waals surface area (Å²) in [6.45, 7) is 4.82. The molecule has 2 aromatic heterocycles. The Kier molecular flexibility index (Phi) is 4.26. The lowest BCUT2D eigenvalue weighted by molar-refractivity contribution is -0.135. The molecule has 0 spiro atoms. The Balaban J connectivity index is 1.52. The average molecular weight is 354 g/mol. The maximum atomic E-state index is 12.1. The van der Waals surface area contributed by atoms with Gasteiger partial charge < -0.3 is 4.90 Å². The van der Waals surface area contributed by atoms with Gasteiger partial charge in [-0.3, -0.25) is 9.48 Å². The fourth-order valence-electron chi connectivity index (χ4n) is 2.59. The fourth-order valence-corrected chi connectivity index (χ4v) is 4.60. The largest absolute Gasteiger partial charge is 0.337 e. The van der Waals surface area contributed by atoms with Crippen molar-refractivity contribution >= 4 is 27.3 Å². The molecule has 0 aromatic carbocycles. The molecule has 124 valence electrons. The number of nitrogens with zero attached hydrogens (tertiary/aromatic N) is 3. The van der Waals surface area contributed by atoms with Crippen LogP contribution in [0.1, 0.15) is 17.4 Å². The summed E-state index contributed by atoms with van der Waals surface area (Å²) in [5.74, 6) is -0.220. The van der Waals surface area contributed by atoms with E-state index in [0.29, 0.717) is 13.1 Å². The molecule has 1 amide bonds. The van der Waals surface area contributed by atoms with E-state index in [1.54, 1.807) is 16.3 Å². The van der Waals surface area contributed by atoms with E-state index in [1.807, 2.05) is 24.6 Å². The zero-order chi connectivity index (χ0) is 16.6. The van der Waals surface area contributed by atoms with Crippen LogP contribution in [0.3, 0.4) is 0 Å². The van der Waals surface area contributed by atoms with Crippen LogP contribution in [-0.4, -0.2) is 48.6 Å². The minimum absolute atomic E-state index is 0.168. The first-order chi connectivity index (χ1) is 10.9. The number of rotatable bonds is 5. The topological polar surface area (TPSA) is 84.3 Å². The van der Waals surface area contributed by atoms with Crippen LogP contribution in [0, 0.1) is 13.8 Å². The van der Waals surface area contributed by atoms with Gasteiger partial charge >= 0.3 is 0 Å². The van der Waals surface area contributed by atoms with E-state index in [2.05, 4.69) is 9.82 Å². The molecule has 3 heterocycles. The number of carbonyl (C=O) groups excluding carboxylic acids is 1. The number of nitrogens with one attached hydrogen (secondary N) is 1. The number of carbonyl (C=O) groups is 1. The van der Waals surface area contributed by atoms with Gasteiger partial charge in [0.05, 0.1) is 18.3 Å². The normalized spacial score (nSPS) is 15.7. The number of thiophene rings is 1. The van der Waals surface area contributed by atoms with Crippen molar-refractivity contribution in [3.8, 4) is 0 Å². The zero-order valence-corrected chi connectivity index (χ0v) is 14.5. The van der Waals surface area contributed by atoms with Crippen molar-refractivity contribution in [3.05, 3.63) is 35.0 Å². The fraction of sp³-hybridized carbons (Fsp3) is 0.429. The molecule has 1 aliphatic rings. The summed E-state index contributed by atoms with van der Waals surface area (Å²) in [4.78, 5) is 13.7. The summed E-state index contributed by atoms with van der Waals surface area (Å²) >= 11 is 1.12. The highest BCUT2D eigenvalue weighted by Gasteiger charge is 2.33. The zero-order valence-electron chi connectivity index (χ0n) is 12.9. The number of aromatic nitrogens is 2. The van der Waals surface area contributed by atoms with Gasteiger partial charge in [0.1, 0.15) is 4.21 Å². The first-order valence-electron chi connectivity index (χ1n) is 7.20. The average Bonchev–Trinajstić information content (AvgIpc) is 3.06. The third-order valence-electron chi connectivity index (χ3n) is 3.78. The highest BCUT2D eigenvalue weighted by atomic mass is 32.2. The SMILES string of the molecule is Cc1cc(C)n(C2CN(C(=O)CNS(=O)(=O)c3cccs3)C2)n1. The number of hydrogen-bond donors (Lipinski definition) is 1. The molecule has 1 saturated heterocycles. The Morgan fingerprint density at radius 1 is 1.43 bits per heavy atom. The summed E-state index contributed by atoms with van der Waals surface area (Å²) in [6, 6.07) is 5.34. The Morgan fingerprint density at radius 3 is 2.74 bits per heavy atom. The van der Waals surface area contributed by atoms with Gasteiger partial charge in [0.25, 0.3) is 10.0 Å². The molecule has 1 N–H and O–H groups in total. The number of sulfonamides is 1. The molecule has 2 aromatic rings. The highest BCUT2D eigenvalue weighted by molar-refractivity contribution is 7.91. The maximum absolute atomic E-state index is 12.1. The first-order valence-corrected chi connectivity index (χ1v) is 9.57. The van der Waals surface area contributed by atoms with E-state index in [4.69, 9.17) is 0 Å². The minimum Gasteiger partial charge on any atom is -0.337 e. The van der Waals surface area contributed by atoms with Crippen molar-refractivity contribution in [2.45, 2.75) is 24.1 Å². The Morgan fingerprint density at radius 2 is 2.17 bits per heavy atom. The van der Waals surface area contributed by atoms with Gasteiger partial charge in [0.2, 0.25) is 5.91 Å². The standard InChI is InChI=1S/C14H18N4O3S2/c1-10-6-11(2)18(16-10)12-8-17(9-12)13(19)7-15-23(20,21)14-4-3-5-22-14/h3-6,12,15H,7-9H2,1-2H3. The van der Waals surface area contributed by atoms with Crippen molar-refractivity contribution in [3.63, 3.8) is 0 Å². The number of amides is 1. The van der Waals surface area contributed by atoms with Crippen molar-refractivity contribution in [2.75, 3.05) is 19.6 Å². The Labute approximate surface area is 139 Å². The summed E-state index contributed by atoms with van der Waals surface area (Å²) in [7, 11) is -3.60. The van der Waals surface area contributed by atoms with E-state index in [1.165, 1.54) is 6.07 Å². The Hall–Kier alpha value is -1.71. The second-order valence-electron chi connectivity index (χ2n) is 5.58. The molecule has 9 heteroatoms. The van der Waals surface area contributed by atoms with Gasteiger partial charge in [-0.1, -0.05) is 6.07 Å². The molecule has 1 aliphatic heterocycles. The third-order valence-corrected chi connectivity index (χ3v) is 6.58. The lowest BCUT2D eigenvalue weighted by Crippen LogP contribution is -2.53. The third kappa shape index (κ3) is 3.31. The maximum Gasteiger partial charge on any atom is 0.250 e. The van der Waals surface area contributed by atoms with Crippen LogP contribution in [0.5, 0.6) is 0 Å². The molecule has 0 aliphatic carbocycles. The summed E-state index contributed by atoms with van der Waals surface area (Å²) in [6.07, 6.45) is 0. The molecule has 0 atom stereocenters.